The van der Waals surface area contributed by atoms with Crippen LogP contribution in [-0.2, 0) is 23.7 Å². The molecule has 0 aliphatic carbocycles. The summed E-state index contributed by atoms with van der Waals surface area (Å²) < 4.78 is 22.1. The number of carbonyl (C=O) groups is 1. The van der Waals surface area contributed by atoms with Gasteiger partial charge in [0.05, 0.1) is 32.5 Å². The zero-order valence-corrected chi connectivity index (χ0v) is 21.7. The van der Waals surface area contributed by atoms with E-state index in [4.69, 9.17) is 18.9 Å². The highest BCUT2D eigenvalue weighted by molar-refractivity contribution is 5.69. The highest BCUT2D eigenvalue weighted by Gasteiger charge is 2.08. The van der Waals surface area contributed by atoms with Gasteiger partial charge >= 0.3 is 5.97 Å². The molecule has 0 aromatic heterocycles. The van der Waals surface area contributed by atoms with Crippen molar-refractivity contribution < 1.29 is 23.7 Å². The molecule has 0 aromatic carbocycles. The molecule has 0 aliphatic heterocycles. The van der Waals surface area contributed by atoms with Crippen molar-refractivity contribution in [1.82, 2.24) is 0 Å². The number of hydrogen-bond acceptors (Lipinski definition) is 5. The third kappa shape index (κ3) is 25.6. The van der Waals surface area contributed by atoms with E-state index in [1.54, 1.807) is 0 Å². The Hall–Kier alpha value is -0.650. The molecule has 0 radical (unpaired) electrons. The minimum atomic E-state index is -0.117. The van der Waals surface area contributed by atoms with Gasteiger partial charge in [0.15, 0.2) is 0 Å². The maximum absolute atomic E-state index is 11.8. The first-order valence-corrected chi connectivity index (χ1v) is 13.6. The molecule has 0 saturated heterocycles. The van der Waals surface area contributed by atoms with Crippen LogP contribution in [0.5, 0.6) is 0 Å². The molecule has 0 fully saturated rings. The van der Waals surface area contributed by atoms with E-state index in [9.17, 15) is 4.79 Å². The zero-order valence-electron chi connectivity index (χ0n) is 21.7. The summed E-state index contributed by atoms with van der Waals surface area (Å²) in [5, 5.41) is 0. The average Bonchev–Trinajstić information content (AvgIpc) is 2.78. The normalized spacial score (nSPS) is 12.2. The molecule has 0 saturated carbocycles. The van der Waals surface area contributed by atoms with Crippen molar-refractivity contribution in [3.05, 3.63) is 0 Å². The van der Waals surface area contributed by atoms with Crippen LogP contribution in [0.3, 0.4) is 0 Å². The molecule has 0 spiro atoms. The van der Waals surface area contributed by atoms with Gasteiger partial charge in [0, 0.05) is 19.6 Å². The molecular weight excluding hydrogens is 404 g/mol. The molecule has 0 bridgehead atoms. The molecule has 192 valence electrons. The topological polar surface area (TPSA) is 54.0 Å². The van der Waals surface area contributed by atoms with Crippen LogP contribution < -0.4 is 0 Å². The number of hydrogen-bond donors (Lipinski definition) is 0. The molecule has 5 heteroatoms. The lowest BCUT2D eigenvalue weighted by atomic mass is 10.1. The van der Waals surface area contributed by atoms with E-state index in [2.05, 4.69) is 13.8 Å². The van der Waals surface area contributed by atoms with E-state index in [0.29, 0.717) is 45.9 Å². The van der Waals surface area contributed by atoms with Gasteiger partial charge in [-0.25, -0.2) is 0 Å². The van der Waals surface area contributed by atoms with Crippen LogP contribution in [0.4, 0.5) is 0 Å². The Morgan fingerprint density at radius 3 is 1.56 bits per heavy atom. The second-order valence-electron chi connectivity index (χ2n) is 8.92. The minimum absolute atomic E-state index is 0.0238. The Morgan fingerprint density at radius 2 is 1.00 bits per heavy atom. The van der Waals surface area contributed by atoms with Crippen molar-refractivity contribution in [2.24, 2.45) is 0 Å². The summed E-state index contributed by atoms with van der Waals surface area (Å²) in [5.74, 6) is -0.117. The summed E-state index contributed by atoms with van der Waals surface area (Å²) in [6.45, 7) is 10.2. The second kappa shape index (κ2) is 26.6. The largest absolute Gasteiger partial charge is 0.463 e. The van der Waals surface area contributed by atoms with Gasteiger partial charge in [-0.3, -0.25) is 4.79 Å². The summed E-state index contributed by atoms with van der Waals surface area (Å²) in [7, 11) is 0. The number of rotatable bonds is 26. The molecule has 0 amide bonds. The summed E-state index contributed by atoms with van der Waals surface area (Å²) in [6, 6.07) is 0. The molecule has 1 unspecified atom stereocenters. The zero-order chi connectivity index (χ0) is 23.5. The van der Waals surface area contributed by atoms with Crippen molar-refractivity contribution in [1.29, 1.82) is 0 Å². The van der Waals surface area contributed by atoms with Crippen molar-refractivity contribution in [3.63, 3.8) is 0 Å². The van der Waals surface area contributed by atoms with Gasteiger partial charge in [0.1, 0.15) is 0 Å². The average molecular weight is 459 g/mol. The third-order valence-corrected chi connectivity index (χ3v) is 5.60. The van der Waals surface area contributed by atoms with E-state index in [-0.39, 0.29) is 12.1 Å². The van der Waals surface area contributed by atoms with Gasteiger partial charge in [0.25, 0.3) is 0 Å². The van der Waals surface area contributed by atoms with Crippen LogP contribution in [0.1, 0.15) is 124 Å². The third-order valence-electron chi connectivity index (χ3n) is 5.60. The van der Waals surface area contributed by atoms with Crippen LogP contribution in [-0.4, -0.2) is 51.7 Å². The summed E-state index contributed by atoms with van der Waals surface area (Å²) >= 11 is 0. The van der Waals surface area contributed by atoms with Gasteiger partial charge in [-0.1, -0.05) is 84.5 Å². The van der Waals surface area contributed by atoms with Gasteiger partial charge in [0.2, 0.25) is 0 Å². The maximum atomic E-state index is 11.8. The summed E-state index contributed by atoms with van der Waals surface area (Å²) in [5.41, 5.74) is 0. The lowest BCUT2D eigenvalue weighted by Gasteiger charge is -2.13. The Morgan fingerprint density at radius 1 is 0.562 bits per heavy atom. The van der Waals surface area contributed by atoms with Crippen molar-refractivity contribution in [2.75, 3.05) is 39.6 Å². The summed E-state index contributed by atoms with van der Waals surface area (Å²) in [4.78, 5) is 11.8. The minimum Gasteiger partial charge on any atom is -0.463 e. The molecule has 1 atom stereocenters. The van der Waals surface area contributed by atoms with E-state index in [1.165, 1.54) is 70.6 Å². The van der Waals surface area contributed by atoms with Gasteiger partial charge in [-0.05, 0) is 32.6 Å². The van der Waals surface area contributed by atoms with Crippen LogP contribution in [0, 0.1) is 0 Å². The molecule has 5 nitrogen and oxygen atoms in total. The second-order valence-corrected chi connectivity index (χ2v) is 8.92. The quantitative estimate of drug-likeness (QED) is 0.101. The lowest BCUT2D eigenvalue weighted by molar-refractivity contribution is -0.149. The number of carbonyl (C=O) groups excluding carboxylic acids is 1. The molecule has 0 aliphatic rings. The monoisotopic (exact) mass is 458 g/mol. The van der Waals surface area contributed by atoms with Crippen LogP contribution in [0.15, 0.2) is 0 Å². The van der Waals surface area contributed by atoms with Crippen LogP contribution in [0.2, 0.25) is 0 Å². The Kier molecular flexibility index (Phi) is 26.1. The highest BCUT2D eigenvalue weighted by atomic mass is 16.5. The standard InChI is InChI=1S/C27H54O5/c1-4-6-8-9-10-11-12-13-14-16-20-29-22-24-31-25-23-30-21-17-19-27(28)32-26(3)18-15-7-5-2/h26H,4-25H2,1-3H3. The smallest absolute Gasteiger partial charge is 0.306 e. The van der Waals surface area contributed by atoms with Gasteiger partial charge < -0.3 is 18.9 Å². The lowest BCUT2D eigenvalue weighted by Crippen LogP contribution is -2.15. The molecule has 0 aromatic rings. The van der Waals surface area contributed by atoms with Crippen LogP contribution >= 0.6 is 0 Å². The fourth-order valence-corrected chi connectivity index (χ4v) is 3.58. The number of ether oxygens (including phenoxy) is 4. The van der Waals surface area contributed by atoms with Crippen molar-refractivity contribution >= 4 is 5.97 Å². The Bertz CT molecular complexity index is 375. The van der Waals surface area contributed by atoms with Crippen molar-refractivity contribution in [3.8, 4) is 0 Å². The Labute approximate surface area is 199 Å². The molecule has 0 heterocycles. The first-order valence-electron chi connectivity index (χ1n) is 13.6. The first-order chi connectivity index (χ1) is 15.7. The predicted octanol–water partition coefficient (Wildman–Crippen LogP) is 7.25. The molecule has 0 N–H and O–H groups in total. The van der Waals surface area contributed by atoms with E-state index >= 15 is 0 Å². The van der Waals surface area contributed by atoms with E-state index < -0.39 is 0 Å². The number of unbranched alkanes of at least 4 members (excludes halogenated alkanes) is 11. The van der Waals surface area contributed by atoms with Crippen LogP contribution in [0.25, 0.3) is 0 Å². The van der Waals surface area contributed by atoms with E-state index in [0.717, 1.165) is 25.9 Å². The molecule has 32 heavy (non-hydrogen) atoms. The van der Waals surface area contributed by atoms with Gasteiger partial charge in [-0.2, -0.15) is 0 Å². The van der Waals surface area contributed by atoms with Crippen molar-refractivity contribution in [2.45, 2.75) is 130 Å². The predicted molar refractivity (Wildman–Crippen MR) is 133 cm³/mol. The maximum Gasteiger partial charge on any atom is 0.306 e. The fraction of sp³-hybridized carbons (Fsp3) is 0.963. The number of esters is 1. The molecule has 0 rings (SSSR count). The highest BCUT2D eigenvalue weighted by Crippen LogP contribution is 2.10. The SMILES string of the molecule is CCCCCCCCCCCCOCCOCCOCCCC(=O)OC(C)CCCCC. The summed E-state index contributed by atoms with van der Waals surface area (Å²) in [6.07, 6.45) is 19.1. The Balaban J connectivity index is 3.16. The van der Waals surface area contributed by atoms with Gasteiger partial charge in [-0.15, -0.1) is 0 Å². The van der Waals surface area contributed by atoms with E-state index in [1.807, 2.05) is 6.92 Å². The first kappa shape index (κ1) is 31.4. The molecular formula is C27H54O5. The fourth-order valence-electron chi connectivity index (χ4n) is 3.58.